The first-order valence-corrected chi connectivity index (χ1v) is 12.5. The van der Waals surface area contributed by atoms with E-state index in [0.717, 1.165) is 36.1 Å². The standard InChI is InChI=1S/C24H29ClN4O4S/c1-16-21(23(31)33-3)22(17-5-4-6-18(25)13-17)29-19(15-34-24(29)26-16)14-20(30)28-9-7-27(8-10-28)11-12-32-2/h4-6,13,15,22H,7-12,14H2,1-3H3. The molecular formula is C24H29ClN4O4S. The molecule has 1 atom stereocenters. The van der Waals surface area contributed by atoms with Crippen molar-refractivity contribution < 1.29 is 19.1 Å². The molecule has 4 rings (SSSR count). The van der Waals surface area contributed by atoms with Crippen molar-refractivity contribution >= 4 is 40.4 Å². The molecule has 3 heterocycles. The van der Waals surface area contributed by atoms with Crippen LogP contribution in [-0.2, 0) is 19.1 Å². The molecule has 182 valence electrons. The number of carbonyl (C=O) groups is 2. The van der Waals surface area contributed by atoms with Gasteiger partial charge in [0.05, 0.1) is 37.4 Å². The zero-order chi connectivity index (χ0) is 24.2. The van der Waals surface area contributed by atoms with Crippen LogP contribution >= 0.6 is 23.4 Å². The fourth-order valence-corrected chi connectivity index (χ4v) is 5.60. The zero-order valence-corrected chi connectivity index (χ0v) is 21.2. The van der Waals surface area contributed by atoms with Gasteiger partial charge in [0.2, 0.25) is 5.91 Å². The number of aliphatic imine (C=N–C) groups is 1. The molecule has 10 heteroatoms. The number of fused-ring (bicyclic) bond motifs is 1. The molecule has 3 aliphatic rings. The molecule has 1 saturated heterocycles. The lowest BCUT2D eigenvalue weighted by atomic mass is 9.94. The van der Waals surface area contributed by atoms with E-state index in [4.69, 9.17) is 21.1 Å². The van der Waals surface area contributed by atoms with Gasteiger partial charge < -0.3 is 19.3 Å². The highest BCUT2D eigenvalue weighted by molar-refractivity contribution is 8.16. The third-order valence-corrected chi connectivity index (χ3v) is 7.36. The maximum absolute atomic E-state index is 13.2. The number of ether oxygens (including phenoxy) is 2. The third-order valence-electron chi connectivity index (χ3n) is 6.24. The molecule has 8 nitrogen and oxygen atoms in total. The SMILES string of the molecule is COCCN1CCN(C(=O)CC2=CSC3=NC(C)=C(C(=O)OC)C(c4cccc(Cl)c4)N23)CC1. The lowest BCUT2D eigenvalue weighted by Gasteiger charge is -2.38. The summed E-state index contributed by atoms with van der Waals surface area (Å²) in [5, 5.41) is 3.27. The highest BCUT2D eigenvalue weighted by Gasteiger charge is 2.41. The molecule has 0 spiro atoms. The highest BCUT2D eigenvalue weighted by Crippen LogP contribution is 2.45. The molecule has 34 heavy (non-hydrogen) atoms. The Morgan fingerprint density at radius 1 is 1.21 bits per heavy atom. The van der Waals surface area contributed by atoms with Crippen LogP contribution in [0.15, 0.2) is 51.6 Å². The first kappa shape index (κ1) is 24.8. The van der Waals surface area contributed by atoms with Gasteiger partial charge in [0, 0.05) is 50.6 Å². The van der Waals surface area contributed by atoms with Crippen LogP contribution in [-0.4, -0.2) is 85.3 Å². The third kappa shape index (κ3) is 5.17. The molecule has 1 unspecified atom stereocenters. The number of benzene rings is 1. The van der Waals surface area contributed by atoms with Crippen LogP contribution in [0.1, 0.15) is 24.9 Å². The van der Waals surface area contributed by atoms with Gasteiger partial charge in [-0.25, -0.2) is 9.79 Å². The molecule has 3 aliphatic heterocycles. The van der Waals surface area contributed by atoms with E-state index in [1.54, 1.807) is 20.1 Å². The molecule has 0 N–H and O–H groups in total. The van der Waals surface area contributed by atoms with Gasteiger partial charge in [-0.2, -0.15) is 0 Å². The maximum atomic E-state index is 13.2. The quantitative estimate of drug-likeness (QED) is 0.527. The summed E-state index contributed by atoms with van der Waals surface area (Å²) in [5.74, 6) is -0.379. The molecule has 1 fully saturated rings. The Morgan fingerprint density at radius 2 is 1.97 bits per heavy atom. The number of methoxy groups -OCH3 is 2. The Hall–Kier alpha value is -2.33. The van der Waals surface area contributed by atoms with Crippen molar-refractivity contribution in [3.05, 3.63) is 57.2 Å². The largest absolute Gasteiger partial charge is 0.466 e. The van der Waals surface area contributed by atoms with Gasteiger partial charge in [0.1, 0.15) is 0 Å². The van der Waals surface area contributed by atoms with Crippen LogP contribution in [0.5, 0.6) is 0 Å². The van der Waals surface area contributed by atoms with E-state index >= 15 is 0 Å². The Labute approximate surface area is 209 Å². The lowest BCUT2D eigenvalue weighted by molar-refractivity contribution is -0.136. The monoisotopic (exact) mass is 504 g/mol. The zero-order valence-electron chi connectivity index (χ0n) is 19.6. The normalized spacial score (nSPS) is 20.8. The van der Waals surface area contributed by atoms with Crippen molar-refractivity contribution in [1.82, 2.24) is 14.7 Å². The second-order valence-corrected chi connectivity index (χ2v) is 9.60. The van der Waals surface area contributed by atoms with Gasteiger partial charge in [-0.3, -0.25) is 9.69 Å². The summed E-state index contributed by atoms with van der Waals surface area (Å²) in [6.07, 6.45) is 0.231. The van der Waals surface area contributed by atoms with E-state index in [1.807, 2.05) is 33.4 Å². The molecular weight excluding hydrogens is 476 g/mol. The molecule has 0 radical (unpaired) electrons. The topological polar surface area (TPSA) is 74.7 Å². The second-order valence-electron chi connectivity index (χ2n) is 8.33. The van der Waals surface area contributed by atoms with Crippen molar-refractivity contribution in [2.75, 3.05) is 53.6 Å². The number of amidine groups is 1. The number of piperazine rings is 1. The number of carbonyl (C=O) groups excluding carboxylic acids is 2. The molecule has 0 aromatic heterocycles. The van der Waals surface area contributed by atoms with Crippen LogP contribution in [0.2, 0.25) is 5.02 Å². The van der Waals surface area contributed by atoms with Gasteiger partial charge >= 0.3 is 5.97 Å². The van der Waals surface area contributed by atoms with Crippen molar-refractivity contribution in [2.24, 2.45) is 4.99 Å². The van der Waals surface area contributed by atoms with Gasteiger partial charge in [-0.1, -0.05) is 35.5 Å². The number of esters is 1. The number of allylic oxidation sites excluding steroid dienone is 1. The van der Waals surface area contributed by atoms with Crippen LogP contribution in [0, 0.1) is 0 Å². The average molecular weight is 505 g/mol. The second kappa shape index (κ2) is 10.9. The lowest BCUT2D eigenvalue weighted by Crippen LogP contribution is -2.49. The van der Waals surface area contributed by atoms with Crippen LogP contribution in [0.25, 0.3) is 0 Å². The number of thioether (sulfide) groups is 1. The Bertz CT molecular complexity index is 1050. The Morgan fingerprint density at radius 3 is 2.65 bits per heavy atom. The van der Waals surface area contributed by atoms with Gasteiger partial charge in [0.15, 0.2) is 5.17 Å². The van der Waals surface area contributed by atoms with E-state index < -0.39 is 12.0 Å². The van der Waals surface area contributed by atoms with Gasteiger partial charge in [-0.15, -0.1) is 0 Å². The summed E-state index contributed by atoms with van der Waals surface area (Å²) in [7, 11) is 3.06. The number of hydrogen-bond donors (Lipinski definition) is 0. The van der Waals surface area contributed by atoms with E-state index in [9.17, 15) is 9.59 Å². The first-order valence-electron chi connectivity index (χ1n) is 11.2. The summed E-state index contributed by atoms with van der Waals surface area (Å²) in [4.78, 5) is 36.9. The predicted octanol–water partition coefficient (Wildman–Crippen LogP) is 3.27. The average Bonchev–Trinajstić information content (AvgIpc) is 3.23. The molecule has 1 aromatic rings. The van der Waals surface area contributed by atoms with E-state index in [0.29, 0.717) is 36.0 Å². The van der Waals surface area contributed by atoms with Crippen LogP contribution in [0.3, 0.4) is 0 Å². The van der Waals surface area contributed by atoms with Crippen molar-refractivity contribution in [1.29, 1.82) is 0 Å². The summed E-state index contributed by atoms with van der Waals surface area (Å²) in [6, 6.07) is 6.94. The van der Waals surface area contributed by atoms with Gasteiger partial charge in [0.25, 0.3) is 0 Å². The van der Waals surface area contributed by atoms with Crippen molar-refractivity contribution in [2.45, 2.75) is 19.4 Å². The number of rotatable bonds is 7. The number of amides is 1. The van der Waals surface area contributed by atoms with E-state index in [2.05, 4.69) is 9.89 Å². The van der Waals surface area contributed by atoms with Crippen molar-refractivity contribution in [3.63, 3.8) is 0 Å². The fraction of sp³-hybridized carbons (Fsp3) is 0.458. The maximum Gasteiger partial charge on any atom is 0.338 e. The van der Waals surface area contributed by atoms with E-state index in [1.165, 1.54) is 18.9 Å². The minimum absolute atomic E-state index is 0.0650. The summed E-state index contributed by atoms with van der Waals surface area (Å²) in [5.41, 5.74) is 2.70. The minimum Gasteiger partial charge on any atom is -0.466 e. The fourth-order valence-electron chi connectivity index (χ4n) is 4.44. The molecule has 0 saturated carbocycles. The summed E-state index contributed by atoms with van der Waals surface area (Å²) in [6.45, 7) is 6.41. The number of halogens is 1. The molecule has 0 bridgehead atoms. The summed E-state index contributed by atoms with van der Waals surface area (Å²) < 4.78 is 10.3. The summed E-state index contributed by atoms with van der Waals surface area (Å²) >= 11 is 7.76. The predicted molar refractivity (Wildman–Crippen MR) is 133 cm³/mol. The number of nitrogens with zero attached hydrogens (tertiary/aromatic N) is 4. The van der Waals surface area contributed by atoms with E-state index in [-0.39, 0.29) is 12.3 Å². The molecule has 0 aliphatic carbocycles. The molecule has 1 aromatic carbocycles. The van der Waals surface area contributed by atoms with Crippen LogP contribution < -0.4 is 0 Å². The van der Waals surface area contributed by atoms with Crippen molar-refractivity contribution in [3.8, 4) is 0 Å². The number of hydrogen-bond acceptors (Lipinski definition) is 8. The van der Waals surface area contributed by atoms with Gasteiger partial charge in [-0.05, 0) is 30.0 Å². The first-order chi connectivity index (χ1) is 16.4. The minimum atomic E-state index is -0.474. The smallest absolute Gasteiger partial charge is 0.338 e. The Kier molecular flexibility index (Phi) is 7.98. The highest BCUT2D eigenvalue weighted by atomic mass is 35.5. The molecule has 1 amide bonds. The van der Waals surface area contributed by atoms with Crippen LogP contribution in [0.4, 0.5) is 0 Å². The Balaban J connectivity index is 1.55.